The van der Waals surface area contributed by atoms with E-state index in [2.05, 4.69) is 64.3 Å². The highest BCUT2D eigenvalue weighted by Gasteiger charge is 2.26. The van der Waals surface area contributed by atoms with Gasteiger partial charge in [0, 0.05) is 54.4 Å². The number of ether oxygens (including phenoxy) is 2. The predicted octanol–water partition coefficient (Wildman–Crippen LogP) is 5.24. The number of anilines is 1. The van der Waals surface area contributed by atoms with Gasteiger partial charge in [0.1, 0.15) is 0 Å². The van der Waals surface area contributed by atoms with E-state index in [0.29, 0.717) is 5.92 Å². The molecule has 3 heterocycles. The van der Waals surface area contributed by atoms with Crippen molar-refractivity contribution in [3.8, 4) is 22.8 Å². The molecular formula is C29H40N4O2. The molecule has 6 nitrogen and oxygen atoms in total. The second kappa shape index (κ2) is 10.5. The first-order chi connectivity index (χ1) is 17.1. The Balaban J connectivity index is 1.41. The fraction of sp³-hybridized carbons (Fsp3) is 0.517. The molecule has 0 unspecified atom stereocenters. The van der Waals surface area contributed by atoms with E-state index in [1.807, 2.05) is 6.07 Å². The van der Waals surface area contributed by atoms with Gasteiger partial charge in [0.15, 0.2) is 11.5 Å². The van der Waals surface area contributed by atoms with Crippen molar-refractivity contribution in [1.82, 2.24) is 15.2 Å². The van der Waals surface area contributed by atoms with E-state index in [0.717, 1.165) is 49.3 Å². The highest BCUT2D eigenvalue weighted by Crippen LogP contribution is 2.40. The normalized spacial score (nSPS) is 18.3. The lowest BCUT2D eigenvalue weighted by atomic mass is 9.95. The molecule has 2 N–H and O–H groups in total. The molecule has 2 aliphatic rings. The smallest absolute Gasteiger partial charge is 0.161 e. The Morgan fingerprint density at radius 2 is 1.69 bits per heavy atom. The van der Waals surface area contributed by atoms with Gasteiger partial charge < -0.3 is 24.7 Å². The van der Waals surface area contributed by atoms with E-state index in [1.165, 1.54) is 60.2 Å². The van der Waals surface area contributed by atoms with Crippen molar-refractivity contribution in [2.75, 3.05) is 58.4 Å². The summed E-state index contributed by atoms with van der Waals surface area (Å²) >= 11 is 0. The number of H-pyrrole nitrogens is 1. The zero-order valence-electron chi connectivity index (χ0n) is 21.7. The molecule has 2 saturated heterocycles. The van der Waals surface area contributed by atoms with Gasteiger partial charge in [-0.25, -0.2) is 0 Å². The lowest BCUT2D eigenvalue weighted by molar-refractivity contribution is 0.180. The first-order valence-corrected chi connectivity index (χ1v) is 13.2. The maximum atomic E-state index is 5.58. The number of aromatic nitrogens is 1. The van der Waals surface area contributed by atoms with Gasteiger partial charge in [0.2, 0.25) is 0 Å². The minimum atomic E-state index is 0.393. The quantitative estimate of drug-likeness (QED) is 0.510. The topological polar surface area (TPSA) is 52.8 Å². The van der Waals surface area contributed by atoms with Gasteiger partial charge >= 0.3 is 0 Å². The van der Waals surface area contributed by atoms with Crippen LogP contribution >= 0.6 is 0 Å². The number of nitrogens with one attached hydrogen (secondary N) is 2. The number of benzene rings is 2. The van der Waals surface area contributed by atoms with Crippen molar-refractivity contribution in [2.45, 2.75) is 45.1 Å². The number of rotatable bonds is 6. The van der Waals surface area contributed by atoms with E-state index < -0.39 is 0 Å². The summed E-state index contributed by atoms with van der Waals surface area (Å²) in [7, 11) is 3.37. The van der Waals surface area contributed by atoms with Crippen LogP contribution in [0.25, 0.3) is 22.2 Å². The number of hydrogen-bond acceptors (Lipinski definition) is 5. The number of aromatic amines is 1. The Morgan fingerprint density at radius 3 is 2.43 bits per heavy atom. The van der Waals surface area contributed by atoms with Crippen LogP contribution in [0.1, 0.15) is 44.6 Å². The zero-order valence-corrected chi connectivity index (χ0v) is 21.7. The van der Waals surface area contributed by atoms with Crippen LogP contribution < -0.4 is 19.7 Å². The molecule has 0 saturated carbocycles. The Hall–Kier alpha value is -2.70. The molecule has 0 spiro atoms. The van der Waals surface area contributed by atoms with Crippen LogP contribution in [0.2, 0.25) is 0 Å². The lowest BCUT2D eigenvalue weighted by Crippen LogP contribution is -2.46. The molecular weight excluding hydrogens is 436 g/mol. The minimum Gasteiger partial charge on any atom is -0.493 e. The summed E-state index contributed by atoms with van der Waals surface area (Å²) in [6.45, 7) is 11.5. The standard InChI is InChI=1S/C29H40N4O2/c1-20(2)28-24-19-23(33-15-10-22(11-16-33)32-14-5-12-30-13-17-32)7-8-25(24)31-29(28)21-6-9-26(34-3)27(18-21)35-4/h6-9,18-20,22,30-31H,5,10-17H2,1-4H3. The Morgan fingerprint density at radius 1 is 0.886 bits per heavy atom. The Kier molecular flexibility index (Phi) is 7.21. The van der Waals surface area contributed by atoms with E-state index in [4.69, 9.17) is 9.47 Å². The molecule has 0 bridgehead atoms. The fourth-order valence-corrected chi connectivity index (χ4v) is 5.94. The van der Waals surface area contributed by atoms with E-state index in [-0.39, 0.29) is 0 Å². The molecule has 5 rings (SSSR count). The summed E-state index contributed by atoms with van der Waals surface area (Å²) in [6.07, 6.45) is 3.77. The van der Waals surface area contributed by atoms with Crippen molar-refractivity contribution < 1.29 is 9.47 Å². The van der Waals surface area contributed by atoms with Gasteiger partial charge in [-0.1, -0.05) is 13.8 Å². The zero-order chi connectivity index (χ0) is 24.4. The van der Waals surface area contributed by atoms with Crippen LogP contribution in [0.5, 0.6) is 11.5 Å². The Labute approximate surface area is 209 Å². The summed E-state index contributed by atoms with van der Waals surface area (Å²) in [5.41, 5.74) is 6.18. The molecule has 1 aromatic heterocycles. The summed E-state index contributed by atoms with van der Waals surface area (Å²) in [6, 6.07) is 13.8. The molecule has 0 aliphatic carbocycles. The Bertz CT molecular complexity index is 1140. The van der Waals surface area contributed by atoms with Gasteiger partial charge in [-0.2, -0.15) is 0 Å². The third kappa shape index (κ3) is 4.87. The third-order valence-electron chi connectivity index (χ3n) is 7.79. The number of piperidine rings is 1. The summed E-state index contributed by atoms with van der Waals surface area (Å²) in [5.74, 6) is 1.90. The third-order valence-corrected chi connectivity index (χ3v) is 7.79. The highest BCUT2D eigenvalue weighted by molar-refractivity contribution is 5.93. The maximum Gasteiger partial charge on any atom is 0.161 e. The summed E-state index contributed by atoms with van der Waals surface area (Å²) in [4.78, 5) is 9.01. The molecule has 0 radical (unpaired) electrons. The van der Waals surface area contributed by atoms with Crippen LogP contribution in [0, 0.1) is 0 Å². The van der Waals surface area contributed by atoms with Crippen LogP contribution in [-0.4, -0.2) is 69.4 Å². The predicted molar refractivity (Wildman–Crippen MR) is 145 cm³/mol. The van der Waals surface area contributed by atoms with Crippen LogP contribution in [0.4, 0.5) is 5.69 Å². The van der Waals surface area contributed by atoms with Crippen molar-refractivity contribution >= 4 is 16.6 Å². The molecule has 2 aliphatic heterocycles. The van der Waals surface area contributed by atoms with E-state index in [9.17, 15) is 0 Å². The number of fused-ring (bicyclic) bond motifs is 1. The van der Waals surface area contributed by atoms with Gasteiger partial charge in [0.05, 0.1) is 19.9 Å². The lowest BCUT2D eigenvalue weighted by Gasteiger charge is -2.39. The SMILES string of the molecule is COc1ccc(-c2[nH]c3ccc(N4CCC(N5CCCNCC5)CC4)cc3c2C(C)C)cc1OC. The molecule has 3 aromatic rings. The van der Waals surface area contributed by atoms with Crippen LogP contribution in [0.15, 0.2) is 36.4 Å². The maximum absolute atomic E-state index is 5.58. The second-order valence-corrected chi connectivity index (χ2v) is 10.2. The molecule has 0 atom stereocenters. The van der Waals surface area contributed by atoms with Crippen molar-refractivity contribution in [2.24, 2.45) is 0 Å². The van der Waals surface area contributed by atoms with E-state index in [1.54, 1.807) is 14.2 Å². The molecule has 6 heteroatoms. The molecule has 2 fully saturated rings. The molecule has 2 aromatic carbocycles. The highest BCUT2D eigenvalue weighted by atomic mass is 16.5. The monoisotopic (exact) mass is 476 g/mol. The van der Waals surface area contributed by atoms with Gasteiger partial charge in [-0.3, -0.25) is 4.90 Å². The van der Waals surface area contributed by atoms with Crippen molar-refractivity contribution in [3.05, 3.63) is 42.0 Å². The van der Waals surface area contributed by atoms with Gasteiger partial charge in [-0.05, 0) is 80.2 Å². The van der Waals surface area contributed by atoms with Crippen molar-refractivity contribution in [3.63, 3.8) is 0 Å². The fourth-order valence-electron chi connectivity index (χ4n) is 5.94. The number of hydrogen-bond donors (Lipinski definition) is 2. The summed E-state index contributed by atoms with van der Waals surface area (Å²) < 4.78 is 11.0. The first kappa shape index (κ1) is 24.0. The van der Waals surface area contributed by atoms with Gasteiger partial charge in [-0.15, -0.1) is 0 Å². The average molecular weight is 477 g/mol. The number of methoxy groups -OCH3 is 2. The number of nitrogens with zero attached hydrogens (tertiary/aromatic N) is 2. The molecule has 35 heavy (non-hydrogen) atoms. The van der Waals surface area contributed by atoms with Gasteiger partial charge in [0.25, 0.3) is 0 Å². The minimum absolute atomic E-state index is 0.393. The summed E-state index contributed by atoms with van der Waals surface area (Å²) in [5, 5.41) is 4.86. The average Bonchev–Trinajstić information content (AvgIpc) is 3.06. The second-order valence-electron chi connectivity index (χ2n) is 10.2. The van der Waals surface area contributed by atoms with E-state index >= 15 is 0 Å². The molecule has 188 valence electrons. The molecule has 0 amide bonds. The van der Waals surface area contributed by atoms with Crippen molar-refractivity contribution in [1.29, 1.82) is 0 Å². The van der Waals surface area contributed by atoms with Crippen LogP contribution in [0.3, 0.4) is 0 Å². The van der Waals surface area contributed by atoms with Crippen LogP contribution in [-0.2, 0) is 0 Å². The largest absolute Gasteiger partial charge is 0.493 e. The first-order valence-electron chi connectivity index (χ1n) is 13.2.